The van der Waals surface area contributed by atoms with E-state index in [-0.39, 0.29) is 25.6 Å². The minimum absolute atomic E-state index is 0.0335. The van der Waals surface area contributed by atoms with Crippen molar-refractivity contribution in [2.75, 3.05) is 13.2 Å². The van der Waals surface area contributed by atoms with E-state index >= 15 is 0 Å². The summed E-state index contributed by atoms with van der Waals surface area (Å²) in [6, 6.07) is 0. The lowest BCUT2D eigenvalue weighted by Crippen LogP contribution is -2.12. The Morgan fingerprint density at radius 3 is 2.05 bits per heavy atom. The zero-order valence-electron chi connectivity index (χ0n) is 11.6. The lowest BCUT2D eigenvalue weighted by atomic mass is 10.1. The predicted molar refractivity (Wildman–Crippen MR) is 72.1 cm³/mol. The van der Waals surface area contributed by atoms with Gasteiger partial charge in [-0.1, -0.05) is 25.8 Å². The summed E-state index contributed by atoms with van der Waals surface area (Å²) in [5, 5.41) is 8.44. The predicted octanol–water partition coefficient (Wildman–Crippen LogP) is 2.07. The Bertz CT molecular complexity index is 324. The van der Waals surface area contributed by atoms with Gasteiger partial charge in [0, 0.05) is 18.9 Å². The third-order valence-electron chi connectivity index (χ3n) is 2.53. The molecule has 0 aromatic carbocycles. The number of carbonyl (C=O) groups excluding carboxylic acids is 2. The van der Waals surface area contributed by atoms with Crippen molar-refractivity contribution < 1.29 is 29.0 Å². The average Bonchev–Trinajstić information content (AvgIpc) is 2.41. The molecule has 0 aliphatic heterocycles. The van der Waals surface area contributed by atoms with E-state index in [1.165, 1.54) is 0 Å². The van der Waals surface area contributed by atoms with Gasteiger partial charge in [-0.25, -0.2) is 4.79 Å². The second-order valence-corrected chi connectivity index (χ2v) is 4.25. The van der Waals surface area contributed by atoms with Crippen LogP contribution in [0, 0.1) is 0 Å². The molecule has 0 heterocycles. The van der Waals surface area contributed by atoms with Crippen LogP contribution in [0.1, 0.15) is 44.9 Å². The molecule has 6 nitrogen and oxygen atoms in total. The summed E-state index contributed by atoms with van der Waals surface area (Å²) in [6.45, 7) is 3.33. The van der Waals surface area contributed by atoms with Gasteiger partial charge in [0.15, 0.2) is 0 Å². The first kappa shape index (κ1) is 18.1. The first-order valence-electron chi connectivity index (χ1n) is 6.73. The third kappa shape index (κ3) is 12.6. The lowest BCUT2D eigenvalue weighted by molar-refractivity contribution is -0.149. The number of carbonyl (C=O) groups is 3. The van der Waals surface area contributed by atoms with E-state index < -0.39 is 11.9 Å². The van der Waals surface area contributed by atoms with Gasteiger partial charge in [0.05, 0.1) is 0 Å². The van der Waals surface area contributed by atoms with Crippen LogP contribution < -0.4 is 0 Å². The Morgan fingerprint density at radius 1 is 0.900 bits per heavy atom. The summed E-state index contributed by atoms with van der Waals surface area (Å²) < 4.78 is 9.52. The van der Waals surface area contributed by atoms with Gasteiger partial charge >= 0.3 is 17.9 Å². The van der Waals surface area contributed by atoms with E-state index in [4.69, 9.17) is 9.84 Å². The molecule has 0 saturated carbocycles. The Hall–Kier alpha value is -1.85. The monoisotopic (exact) mass is 286 g/mol. The Morgan fingerprint density at radius 2 is 1.45 bits per heavy atom. The Kier molecular flexibility index (Phi) is 11.1. The normalized spacial score (nSPS) is 9.80. The number of carboxylic acid groups (broad SMARTS) is 1. The molecule has 0 rings (SSSR count). The number of ether oxygens (including phenoxy) is 2. The van der Waals surface area contributed by atoms with Gasteiger partial charge in [0.1, 0.15) is 13.2 Å². The fourth-order valence-corrected chi connectivity index (χ4v) is 1.50. The smallest absolute Gasteiger partial charge is 0.330 e. The van der Waals surface area contributed by atoms with E-state index in [1.807, 2.05) is 0 Å². The summed E-state index contributed by atoms with van der Waals surface area (Å²) in [5.41, 5.74) is 0. The molecule has 0 amide bonds. The first-order valence-corrected chi connectivity index (χ1v) is 6.73. The second kappa shape index (κ2) is 12.2. The van der Waals surface area contributed by atoms with Crippen molar-refractivity contribution in [2.45, 2.75) is 44.9 Å². The summed E-state index contributed by atoms with van der Waals surface area (Å²) in [6.07, 6.45) is 5.62. The van der Waals surface area contributed by atoms with Crippen LogP contribution >= 0.6 is 0 Å². The molecule has 114 valence electrons. The van der Waals surface area contributed by atoms with Gasteiger partial charge in [0.2, 0.25) is 0 Å². The molecule has 0 fully saturated rings. The van der Waals surface area contributed by atoms with E-state index in [2.05, 4.69) is 11.3 Å². The van der Waals surface area contributed by atoms with E-state index in [0.29, 0.717) is 12.8 Å². The van der Waals surface area contributed by atoms with Crippen LogP contribution in [0.25, 0.3) is 0 Å². The topological polar surface area (TPSA) is 89.9 Å². The molecule has 0 radical (unpaired) electrons. The Balaban J connectivity index is 3.30. The number of hydrogen-bond donors (Lipinski definition) is 1. The SMILES string of the molecule is C=CC(=O)OCCOC(=O)CCCCCCCC(=O)O. The zero-order valence-corrected chi connectivity index (χ0v) is 11.6. The van der Waals surface area contributed by atoms with Gasteiger partial charge in [0.25, 0.3) is 0 Å². The molecule has 0 aliphatic rings. The van der Waals surface area contributed by atoms with Gasteiger partial charge in [-0.05, 0) is 12.8 Å². The average molecular weight is 286 g/mol. The number of rotatable bonds is 12. The molecule has 0 aromatic heterocycles. The van der Waals surface area contributed by atoms with E-state index in [9.17, 15) is 14.4 Å². The number of unbranched alkanes of at least 4 members (excludes halogenated alkanes) is 4. The third-order valence-corrected chi connectivity index (χ3v) is 2.53. The maximum Gasteiger partial charge on any atom is 0.330 e. The quantitative estimate of drug-likeness (QED) is 0.335. The molecule has 0 saturated heterocycles. The minimum Gasteiger partial charge on any atom is -0.481 e. The van der Waals surface area contributed by atoms with Crippen LogP contribution in [0.15, 0.2) is 12.7 Å². The van der Waals surface area contributed by atoms with E-state index in [0.717, 1.165) is 31.8 Å². The minimum atomic E-state index is -0.772. The number of hydrogen-bond acceptors (Lipinski definition) is 5. The highest BCUT2D eigenvalue weighted by atomic mass is 16.6. The van der Waals surface area contributed by atoms with Gasteiger partial charge < -0.3 is 14.6 Å². The molecular formula is C14H22O6. The van der Waals surface area contributed by atoms with Crippen LogP contribution in [0.4, 0.5) is 0 Å². The molecular weight excluding hydrogens is 264 g/mol. The molecule has 0 bridgehead atoms. The Labute approximate surface area is 118 Å². The number of aliphatic carboxylic acids is 1. The van der Waals surface area contributed by atoms with Crippen molar-refractivity contribution in [3.05, 3.63) is 12.7 Å². The molecule has 6 heteroatoms. The van der Waals surface area contributed by atoms with Crippen molar-refractivity contribution in [1.82, 2.24) is 0 Å². The van der Waals surface area contributed by atoms with Crippen molar-refractivity contribution in [1.29, 1.82) is 0 Å². The van der Waals surface area contributed by atoms with Gasteiger partial charge in [-0.3, -0.25) is 9.59 Å². The summed E-state index contributed by atoms with van der Waals surface area (Å²) in [5.74, 6) is -1.63. The maximum atomic E-state index is 11.3. The molecule has 1 N–H and O–H groups in total. The molecule has 0 aromatic rings. The van der Waals surface area contributed by atoms with Crippen molar-refractivity contribution >= 4 is 17.9 Å². The lowest BCUT2D eigenvalue weighted by Gasteiger charge is -2.05. The molecule has 0 spiro atoms. The van der Waals surface area contributed by atoms with Gasteiger partial charge in [-0.15, -0.1) is 0 Å². The first-order chi connectivity index (χ1) is 9.56. The van der Waals surface area contributed by atoms with Crippen LogP contribution in [0.2, 0.25) is 0 Å². The molecule has 20 heavy (non-hydrogen) atoms. The fraction of sp³-hybridized carbons (Fsp3) is 0.643. The largest absolute Gasteiger partial charge is 0.481 e. The zero-order chi connectivity index (χ0) is 15.2. The summed E-state index contributed by atoms with van der Waals surface area (Å²) in [7, 11) is 0. The molecule has 0 unspecified atom stereocenters. The summed E-state index contributed by atoms with van der Waals surface area (Å²) >= 11 is 0. The van der Waals surface area contributed by atoms with Crippen molar-refractivity contribution in [3.8, 4) is 0 Å². The van der Waals surface area contributed by atoms with E-state index in [1.54, 1.807) is 0 Å². The fourth-order valence-electron chi connectivity index (χ4n) is 1.50. The number of carboxylic acids is 1. The van der Waals surface area contributed by atoms with Crippen LogP contribution in [-0.2, 0) is 23.9 Å². The molecule has 0 aliphatic carbocycles. The van der Waals surface area contributed by atoms with Crippen LogP contribution in [-0.4, -0.2) is 36.2 Å². The highest BCUT2D eigenvalue weighted by Gasteiger charge is 2.03. The van der Waals surface area contributed by atoms with Crippen LogP contribution in [0.3, 0.4) is 0 Å². The van der Waals surface area contributed by atoms with Crippen molar-refractivity contribution in [2.24, 2.45) is 0 Å². The number of esters is 2. The standard InChI is InChI=1S/C14H22O6/c1-2-13(17)19-10-11-20-14(18)9-7-5-3-4-6-8-12(15)16/h2H,1,3-11H2,(H,15,16). The highest BCUT2D eigenvalue weighted by Crippen LogP contribution is 2.07. The van der Waals surface area contributed by atoms with Crippen molar-refractivity contribution in [3.63, 3.8) is 0 Å². The maximum absolute atomic E-state index is 11.3. The highest BCUT2D eigenvalue weighted by molar-refractivity contribution is 5.81. The summed E-state index contributed by atoms with van der Waals surface area (Å²) in [4.78, 5) is 32.2. The van der Waals surface area contributed by atoms with Gasteiger partial charge in [-0.2, -0.15) is 0 Å². The second-order valence-electron chi connectivity index (χ2n) is 4.25. The van der Waals surface area contributed by atoms with Crippen LogP contribution in [0.5, 0.6) is 0 Å². The molecule has 0 atom stereocenters.